The second-order valence-corrected chi connectivity index (χ2v) is 7.15. The van der Waals surface area contributed by atoms with E-state index in [9.17, 15) is 14.4 Å². The van der Waals surface area contributed by atoms with Gasteiger partial charge in [0.05, 0.1) is 6.54 Å². The highest BCUT2D eigenvalue weighted by molar-refractivity contribution is 6.01. The van der Waals surface area contributed by atoms with Crippen LogP contribution in [0.5, 0.6) is 0 Å². The fourth-order valence-electron chi connectivity index (χ4n) is 3.08. The lowest BCUT2D eigenvalue weighted by atomic mass is 10.1. The molecule has 2 N–H and O–H groups in total. The van der Waals surface area contributed by atoms with E-state index in [1.165, 1.54) is 4.90 Å². The Morgan fingerprint density at radius 1 is 1.07 bits per heavy atom. The second-order valence-electron chi connectivity index (χ2n) is 7.15. The van der Waals surface area contributed by atoms with E-state index in [0.717, 1.165) is 12.0 Å². The average molecular weight is 395 g/mol. The van der Waals surface area contributed by atoms with Crippen molar-refractivity contribution in [2.45, 2.75) is 25.9 Å². The molecule has 0 bridgehead atoms. The molecule has 2 aromatic rings. The second kappa shape index (κ2) is 9.34. The summed E-state index contributed by atoms with van der Waals surface area (Å²) in [7, 11) is 1.56. The number of rotatable bonds is 6. The molecule has 1 aliphatic rings. The Kier molecular flexibility index (Phi) is 6.61. The number of carbonyl (C=O) groups excluding carboxylic acids is 3. The van der Waals surface area contributed by atoms with Crippen molar-refractivity contribution in [1.82, 2.24) is 4.90 Å². The van der Waals surface area contributed by atoms with E-state index in [0.29, 0.717) is 30.0 Å². The maximum atomic E-state index is 12.7. The van der Waals surface area contributed by atoms with Gasteiger partial charge >= 0.3 is 0 Å². The standard InChI is InChI=1S/C22H25N3O4/c1-15-8-10-17(11-9-15)23-20(26)14-25(2)22(28)16-5-3-6-18(13-16)24-21(27)19-7-4-12-29-19/h3,5-6,8-11,13,19H,4,7,12,14H2,1-2H3,(H,23,26)(H,24,27)/t19-/m1/s1. The van der Waals surface area contributed by atoms with Gasteiger partial charge in [-0.1, -0.05) is 23.8 Å². The fraction of sp³-hybridized carbons (Fsp3) is 0.318. The van der Waals surface area contributed by atoms with Gasteiger partial charge in [0.1, 0.15) is 6.10 Å². The van der Waals surface area contributed by atoms with Crippen LogP contribution in [0.25, 0.3) is 0 Å². The Labute approximate surface area is 170 Å². The van der Waals surface area contributed by atoms with Gasteiger partial charge in [-0.3, -0.25) is 14.4 Å². The molecule has 1 fully saturated rings. The molecule has 2 aromatic carbocycles. The number of benzene rings is 2. The lowest BCUT2D eigenvalue weighted by Crippen LogP contribution is -2.35. The maximum absolute atomic E-state index is 12.7. The Bertz CT molecular complexity index is 889. The number of anilines is 2. The van der Waals surface area contributed by atoms with Gasteiger partial charge in [-0.25, -0.2) is 0 Å². The predicted molar refractivity (Wildman–Crippen MR) is 111 cm³/mol. The molecule has 0 radical (unpaired) electrons. The summed E-state index contributed by atoms with van der Waals surface area (Å²) >= 11 is 0. The Morgan fingerprint density at radius 2 is 1.83 bits per heavy atom. The molecule has 1 atom stereocenters. The molecule has 1 saturated heterocycles. The van der Waals surface area contributed by atoms with E-state index < -0.39 is 6.10 Å². The molecule has 152 valence electrons. The maximum Gasteiger partial charge on any atom is 0.254 e. The van der Waals surface area contributed by atoms with Gasteiger partial charge in [-0.2, -0.15) is 0 Å². The minimum absolute atomic E-state index is 0.0841. The third kappa shape index (κ3) is 5.65. The van der Waals surface area contributed by atoms with Crippen LogP contribution in [0.15, 0.2) is 48.5 Å². The van der Waals surface area contributed by atoms with Crippen LogP contribution >= 0.6 is 0 Å². The Balaban J connectivity index is 1.57. The molecular weight excluding hydrogens is 370 g/mol. The van der Waals surface area contributed by atoms with Gasteiger partial charge in [0.2, 0.25) is 5.91 Å². The van der Waals surface area contributed by atoms with Gasteiger partial charge in [-0.05, 0) is 50.1 Å². The van der Waals surface area contributed by atoms with Crippen molar-refractivity contribution in [3.63, 3.8) is 0 Å². The number of nitrogens with zero attached hydrogens (tertiary/aromatic N) is 1. The van der Waals surface area contributed by atoms with Crippen LogP contribution in [0.3, 0.4) is 0 Å². The zero-order valence-electron chi connectivity index (χ0n) is 16.6. The minimum Gasteiger partial charge on any atom is -0.368 e. The molecule has 0 aliphatic carbocycles. The van der Waals surface area contributed by atoms with Gasteiger partial charge in [0, 0.05) is 30.6 Å². The molecule has 7 heteroatoms. The first kappa shape index (κ1) is 20.5. The van der Waals surface area contributed by atoms with Crippen molar-refractivity contribution in [3.05, 3.63) is 59.7 Å². The smallest absolute Gasteiger partial charge is 0.254 e. The molecule has 1 heterocycles. The van der Waals surface area contributed by atoms with Gasteiger partial charge < -0.3 is 20.3 Å². The summed E-state index contributed by atoms with van der Waals surface area (Å²) in [5.74, 6) is -0.803. The van der Waals surface area contributed by atoms with E-state index in [2.05, 4.69) is 10.6 Å². The highest BCUT2D eigenvalue weighted by Crippen LogP contribution is 2.17. The zero-order valence-corrected chi connectivity index (χ0v) is 16.6. The van der Waals surface area contributed by atoms with Gasteiger partial charge in [-0.15, -0.1) is 0 Å². The number of hydrogen-bond acceptors (Lipinski definition) is 4. The van der Waals surface area contributed by atoms with E-state index >= 15 is 0 Å². The summed E-state index contributed by atoms with van der Waals surface area (Å²) in [6, 6.07) is 14.1. The predicted octanol–water partition coefficient (Wildman–Crippen LogP) is 2.82. The van der Waals surface area contributed by atoms with E-state index in [4.69, 9.17) is 4.74 Å². The van der Waals surface area contributed by atoms with Crippen molar-refractivity contribution in [1.29, 1.82) is 0 Å². The van der Waals surface area contributed by atoms with Crippen LogP contribution in [-0.4, -0.2) is 48.9 Å². The highest BCUT2D eigenvalue weighted by Gasteiger charge is 2.24. The molecule has 3 rings (SSSR count). The Morgan fingerprint density at radius 3 is 2.52 bits per heavy atom. The monoisotopic (exact) mass is 395 g/mol. The topological polar surface area (TPSA) is 87.7 Å². The molecule has 0 unspecified atom stereocenters. The molecule has 0 saturated carbocycles. The lowest BCUT2D eigenvalue weighted by molar-refractivity contribution is -0.124. The van der Waals surface area contributed by atoms with Crippen LogP contribution in [-0.2, 0) is 14.3 Å². The average Bonchev–Trinajstić information content (AvgIpc) is 3.24. The normalized spacial score (nSPS) is 15.6. The van der Waals surface area contributed by atoms with Gasteiger partial charge in [0.25, 0.3) is 11.8 Å². The first-order chi connectivity index (χ1) is 13.9. The number of nitrogens with one attached hydrogen (secondary N) is 2. The summed E-state index contributed by atoms with van der Waals surface area (Å²) in [4.78, 5) is 38.4. The van der Waals surface area contributed by atoms with Crippen molar-refractivity contribution >= 4 is 29.1 Å². The number of likely N-dealkylation sites (N-methyl/N-ethyl adjacent to an activating group) is 1. The van der Waals surface area contributed by atoms with E-state index in [-0.39, 0.29) is 24.3 Å². The van der Waals surface area contributed by atoms with Crippen LogP contribution < -0.4 is 10.6 Å². The molecule has 1 aliphatic heterocycles. The number of ether oxygens (including phenoxy) is 1. The number of amides is 3. The third-order valence-electron chi connectivity index (χ3n) is 4.66. The Hall–Kier alpha value is -3.19. The molecule has 7 nitrogen and oxygen atoms in total. The fourth-order valence-corrected chi connectivity index (χ4v) is 3.08. The largest absolute Gasteiger partial charge is 0.368 e. The van der Waals surface area contributed by atoms with Crippen LogP contribution in [0, 0.1) is 6.92 Å². The van der Waals surface area contributed by atoms with Crippen molar-refractivity contribution in [3.8, 4) is 0 Å². The van der Waals surface area contributed by atoms with Crippen LogP contribution in [0.1, 0.15) is 28.8 Å². The SMILES string of the molecule is Cc1ccc(NC(=O)CN(C)C(=O)c2cccc(NC(=O)[C@H]3CCCO3)c2)cc1. The van der Waals surface area contributed by atoms with E-state index in [1.54, 1.807) is 31.3 Å². The summed E-state index contributed by atoms with van der Waals surface area (Å²) in [5, 5.41) is 5.55. The zero-order chi connectivity index (χ0) is 20.8. The molecule has 3 amide bonds. The summed E-state index contributed by atoms with van der Waals surface area (Å²) in [5.41, 5.74) is 2.69. The first-order valence-corrected chi connectivity index (χ1v) is 9.57. The third-order valence-corrected chi connectivity index (χ3v) is 4.66. The lowest BCUT2D eigenvalue weighted by Gasteiger charge is -2.18. The summed E-state index contributed by atoms with van der Waals surface area (Å²) in [6.45, 7) is 2.47. The quantitative estimate of drug-likeness (QED) is 0.787. The summed E-state index contributed by atoms with van der Waals surface area (Å²) < 4.78 is 5.37. The highest BCUT2D eigenvalue weighted by atomic mass is 16.5. The minimum atomic E-state index is -0.442. The van der Waals surface area contributed by atoms with Crippen molar-refractivity contribution in [2.24, 2.45) is 0 Å². The van der Waals surface area contributed by atoms with E-state index in [1.807, 2.05) is 31.2 Å². The number of aryl methyl sites for hydroxylation is 1. The summed E-state index contributed by atoms with van der Waals surface area (Å²) in [6.07, 6.45) is 1.12. The molecule has 0 aromatic heterocycles. The van der Waals surface area contributed by atoms with Crippen LogP contribution in [0.2, 0.25) is 0 Å². The van der Waals surface area contributed by atoms with Gasteiger partial charge in [0.15, 0.2) is 0 Å². The van der Waals surface area contributed by atoms with Crippen molar-refractivity contribution in [2.75, 3.05) is 30.8 Å². The molecular formula is C22H25N3O4. The van der Waals surface area contributed by atoms with Crippen molar-refractivity contribution < 1.29 is 19.1 Å². The van der Waals surface area contributed by atoms with Crippen LogP contribution in [0.4, 0.5) is 11.4 Å². The number of carbonyl (C=O) groups is 3. The number of hydrogen-bond donors (Lipinski definition) is 2. The molecule has 29 heavy (non-hydrogen) atoms. The molecule has 0 spiro atoms. The first-order valence-electron chi connectivity index (χ1n) is 9.57.